The molecule has 174 valence electrons. The Bertz CT molecular complexity index is 1190. The van der Waals surface area contributed by atoms with Gasteiger partial charge in [-0.25, -0.2) is 4.79 Å². The van der Waals surface area contributed by atoms with Gasteiger partial charge < -0.3 is 19.5 Å². The van der Waals surface area contributed by atoms with Crippen LogP contribution in [-0.2, 0) is 14.3 Å². The molecule has 2 unspecified atom stereocenters. The van der Waals surface area contributed by atoms with Gasteiger partial charge in [0.15, 0.2) is 6.10 Å². The molecular formula is C27H25NO6. The Hall–Kier alpha value is -4.13. The van der Waals surface area contributed by atoms with E-state index in [-0.39, 0.29) is 17.9 Å². The summed E-state index contributed by atoms with van der Waals surface area (Å²) in [7, 11) is 0. The maximum absolute atomic E-state index is 12.7. The van der Waals surface area contributed by atoms with Crippen LogP contribution in [0.3, 0.4) is 0 Å². The number of benzene rings is 3. The first-order valence-electron chi connectivity index (χ1n) is 11.0. The molecule has 0 saturated heterocycles. The number of para-hydroxylation sites is 1. The van der Waals surface area contributed by atoms with Gasteiger partial charge in [-0.1, -0.05) is 42.5 Å². The number of ether oxygens (including phenoxy) is 3. The average Bonchev–Trinajstić information content (AvgIpc) is 2.84. The van der Waals surface area contributed by atoms with E-state index in [1.807, 2.05) is 36.4 Å². The van der Waals surface area contributed by atoms with Crippen LogP contribution in [0.15, 0.2) is 72.8 Å². The van der Waals surface area contributed by atoms with E-state index in [2.05, 4.69) is 5.32 Å². The Morgan fingerprint density at radius 2 is 1.59 bits per heavy atom. The van der Waals surface area contributed by atoms with Crippen LogP contribution in [0.1, 0.15) is 42.2 Å². The van der Waals surface area contributed by atoms with Gasteiger partial charge in [0.1, 0.15) is 11.5 Å². The van der Waals surface area contributed by atoms with Gasteiger partial charge in [0.05, 0.1) is 18.2 Å². The fourth-order valence-electron chi connectivity index (χ4n) is 3.74. The number of nitrogens with one attached hydrogen (secondary N) is 1. The molecule has 0 bridgehead atoms. The van der Waals surface area contributed by atoms with Crippen molar-refractivity contribution in [3.05, 3.63) is 83.9 Å². The predicted octanol–water partition coefficient (Wildman–Crippen LogP) is 4.46. The normalized spacial score (nSPS) is 15.3. The molecule has 7 heteroatoms. The molecule has 1 N–H and O–H groups in total. The Labute approximate surface area is 197 Å². The van der Waals surface area contributed by atoms with Crippen LogP contribution >= 0.6 is 0 Å². The molecule has 3 aromatic rings. The summed E-state index contributed by atoms with van der Waals surface area (Å²) in [6.45, 7) is 3.41. The van der Waals surface area contributed by atoms with E-state index in [9.17, 15) is 14.4 Å². The van der Waals surface area contributed by atoms with Gasteiger partial charge >= 0.3 is 11.9 Å². The first-order valence-corrected chi connectivity index (χ1v) is 11.0. The highest BCUT2D eigenvalue weighted by atomic mass is 16.5. The number of esters is 2. The minimum absolute atomic E-state index is 0.190. The second kappa shape index (κ2) is 10.2. The average molecular weight is 459 g/mol. The zero-order chi connectivity index (χ0) is 24.1. The lowest BCUT2D eigenvalue weighted by molar-refractivity contribution is -0.132. The summed E-state index contributed by atoms with van der Waals surface area (Å²) in [5, 5.41) is 2.95. The largest absolute Gasteiger partial charge is 0.493 e. The van der Waals surface area contributed by atoms with Gasteiger partial charge in [0, 0.05) is 18.9 Å². The van der Waals surface area contributed by atoms with Crippen molar-refractivity contribution in [1.82, 2.24) is 5.32 Å². The summed E-state index contributed by atoms with van der Waals surface area (Å²) in [6.07, 6.45) is -0.303. The topological polar surface area (TPSA) is 90.9 Å². The maximum atomic E-state index is 12.7. The Morgan fingerprint density at radius 1 is 0.941 bits per heavy atom. The van der Waals surface area contributed by atoms with Gasteiger partial charge in [-0.3, -0.25) is 9.59 Å². The lowest BCUT2D eigenvalue weighted by atomic mass is 10.0. The number of amides is 1. The molecule has 0 aromatic heterocycles. The van der Waals surface area contributed by atoms with Crippen LogP contribution in [0.4, 0.5) is 0 Å². The third-order valence-electron chi connectivity index (χ3n) is 5.50. The molecule has 2 atom stereocenters. The third-order valence-corrected chi connectivity index (χ3v) is 5.50. The fourth-order valence-corrected chi connectivity index (χ4v) is 3.74. The van der Waals surface area contributed by atoms with E-state index < -0.39 is 12.1 Å². The highest BCUT2D eigenvalue weighted by molar-refractivity contribution is 5.92. The first-order chi connectivity index (χ1) is 16.4. The van der Waals surface area contributed by atoms with E-state index in [1.54, 1.807) is 43.3 Å². The number of fused-ring (bicyclic) bond motifs is 1. The summed E-state index contributed by atoms with van der Waals surface area (Å²) >= 11 is 0. The molecule has 0 saturated carbocycles. The van der Waals surface area contributed by atoms with Gasteiger partial charge in [-0.15, -0.1) is 0 Å². The van der Waals surface area contributed by atoms with Crippen molar-refractivity contribution in [2.75, 3.05) is 6.61 Å². The third kappa shape index (κ3) is 5.43. The lowest BCUT2D eigenvalue weighted by Gasteiger charge is -2.27. The van der Waals surface area contributed by atoms with Crippen molar-refractivity contribution in [3.8, 4) is 22.6 Å². The Balaban J connectivity index is 1.35. The molecule has 1 aliphatic rings. The molecule has 1 aliphatic heterocycles. The van der Waals surface area contributed by atoms with Crippen molar-refractivity contribution in [3.63, 3.8) is 0 Å². The minimum atomic E-state index is -0.948. The monoisotopic (exact) mass is 459 g/mol. The smallest absolute Gasteiger partial charge is 0.338 e. The number of rotatable bonds is 6. The number of carbonyl (C=O) groups excluding carboxylic acids is 3. The molecule has 0 spiro atoms. The van der Waals surface area contributed by atoms with Crippen molar-refractivity contribution >= 4 is 17.8 Å². The van der Waals surface area contributed by atoms with Crippen LogP contribution in [0.2, 0.25) is 0 Å². The molecule has 0 fully saturated rings. The van der Waals surface area contributed by atoms with E-state index in [4.69, 9.17) is 14.2 Å². The predicted molar refractivity (Wildman–Crippen MR) is 126 cm³/mol. The fraction of sp³-hybridized carbons (Fsp3) is 0.222. The van der Waals surface area contributed by atoms with Crippen LogP contribution < -0.4 is 14.8 Å². The zero-order valence-electron chi connectivity index (χ0n) is 18.9. The van der Waals surface area contributed by atoms with Gasteiger partial charge in [-0.2, -0.15) is 0 Å². The van der Waals surface area contributed by atoms with Crippen molar-refractivity contribution in [2.45, 2.75) is 32.4 Å². The van der Waals surface area contributed by atoms with Crippen LogP contribution in [0, 0.1) is 0 Å². The van der Waals surface area contributed by atoms with Crippen LogP contribution in [0.5, 0.6) is 11.5 Å². The highest BCUT2D eigenvalue weighted by Gasteiger charge is 2.26. The van der Waals surface area contributed by atoms with E-state index >= 15 is 0 Å². The summed E-state index contributed by atoms with van der Waals surface area (Å²) in [4.78, 5) is 36.3. The summed E-state index contributed by atoms with van der Waals surface area (Å²) < 4.78 is 16.1. The standard InChI is InChI=1S/C27H25NO6/c1-17(26(30)28-24-15-16-32-25-6-4-3-5-23(24)25)33-27(31)21-9-7-19(8-10-21)20-11-13-22(14-12-20)34-18(2)29/h3-14,17,24H,15-16H2,1-2H3,(H,28,30). The number of hydrogen-bond donors (Lipinski definition) is 1. The molecule has 1 heterocycles. The van der Waals surface area contributed by atoms with Gasteiger partial charge in [-0.05, 0) is 48.4 Å². The van der Waals surface area contributed by atoms with Crippen molar-refractivity contribution in [2.24, 2.45) is 0 Å². The molecule has 3 aromatic carbocycles. The molecule has 1 amide bonds. The maximum Gasteiger partial charge on any atom is 0.338 e. The zero-order valence-corrected chi connectivity index (χ0v) is 18.9. The van der Waals surface area contributed by atoms with Gasteiger partial charge in [0.25, 0.3) is 5.91 Å². The van der Waals surface area contributed by atoms with E-state index in [1.165, 1.54) is 6.92 Å². The quantitative estimate of drug-likeness (QED) is 0.432. The molecule has 0 radical (unpaired) electrons. The Morgan fingerprint density at radius 3 is 2.26 bits per heavy atom. The highest BCUT2D eigenvalue weighted by Crippen LogP contribution is 2.31. The second-order valence-electron chi connectivity index (χ2n) is 7.98. The van der Waals surface area contributed by atoms with Crippen molar-refractivity contribution in [1.29, 1.82) is 0 Å². The molecule has 4 rings (SSSR count). The molecule has 34 heavy (non-hydrogen) atoms. The Kier molecular flexibility index (Phi) is 6.92. The van der Waals surface area contributed by atoms with Crippen molar-refractivity contribution < 1.29 is 28.6 Å². The summed E-state index contributed by atoms with van der Waals surface area (Å²) in [5.41, 5.74) is 3.05. The van der Waals surface area contributed by atoms with Gasteiger partial charge in [0.2, 0.25) is 0 Å². The SMILES string of the molecule is CC(=O)Oc1ccc(-c2ccc(C(=O)OC(C)C(=O)NC3CCOc4ccccc43)cc2)cc1. The number of carbonyl (C=O) groups is 3. The molecule has 7 nitrogen and oxygen atoms in total. The van der Waals surface area contributed by atoms with Crippen LogP contribution in [0.25, 0.3) is 11.1 Å². The first kappa shape index (κ1) is 23.0. The molecule has 0 aliphatic carbocycles. The summed E-state index contributed by atoms with van der Waals surface area (Å²) in [6, 6.07) is 21.3. The minimum Gasteiger partial charge on any atom is -0.493 e. The molecular weight excluding hydrogens is 434 g/mol. The van der Waals surface area contributed by atoms with Crippen LogP contribution in [-0.4, -0.2) is 30.6 Å². The number of hydrogen-bond acceptors (Lipinski definition) is 6. The second-order valence-corrected chi connectivity index (χ2v) is 7.98. The van der Waals surface area contributed by atoms with E-state index in [0.29, 0.717) is 24.3 Å². The van der Waals surface area contributed by atoms with E-state index in [0.717, 1.165) is 22.4 Å². The lowest BCUT2D eigenvalue weighted by Crippen LogP contribution is -2.39. The summed E-state index contributed by atoms with van der Waals surface area (Å²) in [5.74, 6) is -0.0971.